The van der Waals surface area contributed by atoms with Crippen LogP contribution in [0.5, 0.6) is 0 Å². The van der Waals surface area contributed by atoms with Gasteiger partial charge >= 0.3 is 0 Å². The first-order valence-electron chi connectivity index (χ1n) is 7.83. The fraction of sp³-hybridized carbons (Fsp3) is 0.667. The molecule has 0 aliphatic carbocycles. The molecule has 3 atom stereocenters. The molecule has 2 fully saturated rings. The molecule has 7 nitrogen and oxygen atoms in total. The molecule has 23 heavy (non-hydrogen) atoms. The van der Waals surface area contributed by atoms with Crippen LogP contribution in [0.4, 0.5) is 0 Å². The van der Waals surface area contributed by atoms with Crippen LogP contribution >= 0.6 is 24.0 Å². The van der Waals surface area contributed by atoms with Crippen molar-refractivity contribution in [3.05, 3.63) is 24.3 Å². The average Bonchev–Trinajstić information content (AvgIpc) is 3.21. The Kier molecular flexibility index (Phi) is 6.40. The zero-order valence-electron chi connectivity index (χ0n) is 13.7. The molecule has 2 aliphatic heterocycles. The molecule has 0 amide bonds. The molecule has 3 rings (SSSR count). The average molecular weight is 432 g/mol. The number of nitrogens with one attached hydrogen (secondary N) is 2. The van der Waals surface area contributed by atoms with Crippen LogP contribution in [0.1, 0.15) is 30.9 Å². The second-order valence-electron chi connectivity index (χ2n) is 5.92. The van der Waals surface area contributed by atoms with Gasteiger partial charge in [-0.2, -0.15) is 0 Å². The number of aliphatic imine (C=N–C) groups is 1. The van der Waals surface area contributed by atoms with E-state index in [1.54, 1.807) is 0 Å². The summed E-state index contributed by atoms with van der Waals surface area (Å²) in [5.41, 5.74) is 0. The number of fused-ring (bicyclic) bond motifs is 2. The summed E-state index contributed by atoms with van der Waals surface area (Å²) in [4.78, 5) is 4.62. The molecule has 1 aromatic heterocycles. The minimum atomic E-state index is 0. The Balaban J connectivity index is 0.00000192. The predicted molar refractivity (Wildman–Crippen MR) is 99.9 cm³/mol. The van der Waals surface area contributed by atoms with Crippen molar-refractivity contribution in [1.29, 1.82) is 0 Å². The number of ether oxygens (including phenoxy) is 1. The Morgan fingerprint density at radius 1 is 1.48 bits per heavy atom. The van der Waals surface area contributed by atoms with Crippen molar-refractivity contribution in [3.63, 3.8) is 0 Å². The molecule has 3 heterocycles. The Bertz CT molecular complexity index is 572. The number of guanidine groups is 1. The molecule has 128 valence electrons. The van der Waals surface area contributed by atoms with E-state index in [9.17, 15) is 0 Å². The normalized spacial score (nSPS) is 26.0. The molecule has 1 aromatic rings. The largest absolute Gasteiger partial charge is 0.373 e. The summed E-state index contributed by atoms with van der Waals surface area (Å²) in [5.74, 6) is 2.52. The molecule has 0 saturated carbocycles. The van der Waals surface area contributed by atoms with Gasteiger partial charge in [0, 0.05) is 13.6 Å². The lowest BCUT2D eigenvalue weighted by atomic mass is 9.96. The van der Waals surface area contributed by atoms with Gasteiger partial charge in [0.05, 0.1) is 18.2 Å². The number of hydrogen-bond acceptors (Lipinski definition) is 4. The number of nitrogens with zero attached hydrogens (tertiary/aromatic N) is 4. The van der Waals surface area contributed by atoms with Gasteiger partial charge in [0.2, 0.25) is 0 Å². The first-order chi connectivity index (χ1) is 10.7. The van der Waals surface area contributed by atoms with E-state index in [4.69, 9.17) is 4.74 Å². The zero-order chi connectivity index (χ0) is 15.5. The molecule has 0 aromatic carbocycles. The summed E-state index contributed by atoms with van der Waals surface area (Å²) in [6, 6.07) is 0.344. The lowest BCUT2D eigenvalue weighted by Crippen LogP contribution is -2.47. The molecule has 0 spiro atoms. The minimum absolute atomic E-state index is 0. The highest BCUT2D eigenvalue weighted by atomic mass is 127. The van der Waals surface area contributed by atoms with Gasteiger partial charge in [-0.15, -0.1) is 40.8 Å². The number of hydrogen-bond donors (Lipinski definition) is 2. The van der Waals surface area contributed by atoms with Crippen LogP contribution in [-0.4, -0.2) is 45.5 Å². The van der Waals surface area contributed by atoms with Crippen LogP contribution in [0.15, 0.2) is 17.6 Å². The van der Waals surface area contributed by atoms with Gasteiger partial charge < -0.3 is 19.9 Å². The SMILES string of the molecule is C=CCNC(=NCc1nnc(C)n1C)NC1CC2CCC1O2.I. The van der Waals surface area contributed by atoms with Crippen LogP contribution in [0.3, 0.4) is 0 Å². The smallest absolute Gasteiger partial charge is 0.192 e. The van der Waals surface area contributed by atoms with Gasteiger partial charge in [-0.25, -0.2) is 4.99 Å². The maximum atomic E-state index is 5.88. The lowest BCUT2D eigenvalue weighted by molar-refractivity contribution is 0.0992. The molecule has 8 heteroatoms. The summed E-state index contributed by atoms with van der Waals surface area (Å²) < 4.78 is 7.84. The number of aromatic nitrogens is 3. The highest BCUT2D eigenvalue weighted by Crippen LogP contribution is 2.34. The van der Waals surface area contributed by atoms with Crippen LogP contribution in [-0.2, 0) is 18.3 Å². The first-order valence-corrected chi connectivity index (χ1v) is 7.83. The monoisotopic (exact) mass is 432 g/mol. The molecule has 2 saturated heterocycles. The fourth-order valence-electron chi connectivity index (χ4n) is 3.03. The molecular weight excluding hydrogens is 407 g/mol. The maximum absolute atomic E-state index is 5.88. The van der Waals surface area contributed by atoms with E-state index in [1.807, 2.05) is 24.6 Å². The van der Waals surface area contributed by atoms with Crippen LogP contribution in [0.25, 0.3) is 0 Å². The molecule has 3 unspecified atom stereocenters. The van der Waals surface area contributed by atoms with Crippen molar-refractivity contribution < 1.29 is 4.74 Å². The van der Waals surface area contributed by atoms with Gasteiger partial charge in [-0.05, 0) is 26.2 Å². The van der Waals surface area contributed by atoms with Crippen molar-refractivity contribution in [3.8, 4) is 0 Å². The lowest BCUT2D eigenvalue weighted by Gasteiger charge is -2.22. The van der Waals surface area contributed by atoms with Crippen LogP contribution in [0, 0.1) is 6.92 Å². The third-order valence-electron chi connectivity index (χ3n) is 4.40. The zero-order valence-corrected chi connectivity index (χ0v) is 16.0. The summed E-state index contributed by atoms with van der Waals surface area (Å²) in [6.45, 7) is 6.84. The predicted octanol–water partition coefficient (Wildman–Crippen LogP) is 1.28. The highest BCUT2D eigenvalue weighted by molar-refractivity contribution is 14.0. The maximum Gasteiger partial charge on any atom is 0.192 e. The van der Waals surface area contributed by atoms with E-state index in [-0.39, 0.29) is 24.0 Å². The van der Waals surface area contributed by atoms with E-state index in [1.165, 1.54) is 6.42 Å². The topological polar surface area (TPSA) is 76.4 Å². The first kappa shape index (κ1) is 18.2. The summed E-state index contributed by atoms with van der Waals surface area (Å²) in [7, 11) is 1.95. The van der Waals surface area contributed by atoms with Gasteiger partial charge in [-0.1, -0.05) is 6.08 Å². The quantitative estimate of drug-likeness (QED) is 0.318. The molecule has 2 N–H and O–H groups in total. The summed E-state index contributed by atoms with van der Waals surface area (Å²) >= 11 is 0. The Hall–Kier alpha value is -1.16. The van der Waals surface area contributed by atoms with Crippen LogP contribution in [0.2, 0.25) is 0 Å². The van der Waals surface area contributed by atoms with Gasteiger partial charge in [0.25, 0.3) is 0 Å². The van der Waals surface area contributed by atoms with E-state index >= 15 is 0 Å². The van der Waals surface area contributed by atoms with Crippen molar-refractivity contribution in [2.24, 2.45) is 12.0 Å². The number of halogens is 1. The minimum Gasteiger partial charge on any atom is -0.373 e. The standard InChI is InChI=1S/C15H24N6O.HI/c1-4-7-16-15(17-9-14-20-19-10(2)21(14)3)18-12-8-11-5-6-13(12)22-11;/h4,11-13H,1,5-9H2,2-3H3,(H2,16,17,18);1H. The Labute approximate surface area is 154 Å². The second-order valence-corrected chi connectivity index (χ2v) is 5.92. The summed E-state index contributed by atoms with van der Waals surface area (Å²) in [5, 5.41) is 14.9. The van der Waals surface area contributed by atoms with Crippen molar-refractivity contribution >= 4 is 29.9 Å². The molecule has 0 radical (unpaired) electrons. The molecule has 2 aliphatic rings. The Morgan fingerprint density at radius 2 is 2.30 bits per heavy atom. The number of aryl methyl sites for hydroxylation is 1. The van der Waals surface area contributed by atoms with Crippen molar-refractivity contribution in [2.75, 3.05) is 6.54 Å². The van der Waals surface area contributed by atoms with Crippen molar-refractivity contribution in [2.45, 2.75) is 51.0 Å². The van der Waals surface area contributed by atoms with E-state index in [0.29, 0.717) is 31.3 Å². The van der Waals surface area contributed by atoms with Gasteiger partial charge in [-0.3, -0.25) is 0 Å². The van der Waals surface area contributed by atoms with E-state index in [0.717, 1.165) is 30.5 Å². The number of rotatable bonds is 5. The Morgan fingerprint density at radius 3 is 2.87 bits per heavy atom. The van der Waals surface area contributed by atoms with Crippen molar-refractivity contribution in [1.82, 2.24) is 25.4 Å². The van der Waals surface area contributed by atoms with Crippen LogP contribution < -0.4 is 10.6 Å². The van der Waals surface area contributed by atoms with Gasteiger partial charge in [0.1, 0.15) is 12.4 Å². The third kappa shape index (κ3) is 4.23. The third-order valence-corrected chi connectivity index (χ3v) is 4.40. The van der Waals surface area contributed by atoms with E-state index < -0.39 is 0 Å². The van der Waals surface area contributed by atoms with Gasteiger partial charge in [0.15, 0.2) is 11.8 Å². The van der Waals surface area contributed by atoms with E-state index in [2.05, 4.69) is 32.4 Å². The fourth-order valence-corrected chi connectivity index (χ4v) is 3.03. The molecule has 2 bridgehead atoms. The molecular formula is C15H25IN6O. The highest BCUT2D eigenvalue weighted by Gasteiger charge is 2.41. The summed E-state index contributed by atoms with van der Waals surface area (Å²) in [6.07, 6.45) is 5.94. The second kappa shape index (κ2) is 8.09.